The second-order valence-corrected chi connectivity index (χ2v) is 3.63. The minimum Gasteiger partial charge on any atom is -0.455 e. The summed E-state index contributed by atoms with van der Waals surface area (Å²) in [5.74, 6) is -0.306. The van der Waals surface area contributed by atoms with Crippen LogP contribution in [-0.2, 0) is 19.0 Å². The predicted molar refractivity (Wildman–Crippen MR) is 56.7 cm³/mol. The summed E-state index contributed by atoms with van der Waals surface area (Å²) in [5, 5.41) is 0. The van der Waals surface area contributed by atoms with Gasteiger partial charge in [-0.2, -0.15) is 0 Å². The molecule has 0 amide bonds. The van der Waals surface area contributed by atoms with Gasteiger partial charge in [-0.3, -0.25) is 4.79 Å². The van der Waals surface area contributed by atoms with E-state index in [1.807, 2.05) is 24.3 Å². The first-order valence-corrected chi connectivity index (χ1v) is 5.13. The molecule has 0 bridgehead atoms. The van der Waals surface area contributed by atoms with E-state index in [-0.39, 0.29) is 18.4 Å². The summed E-state index contributed by atoms with van der Waals surface area (Å²) < 4.78 is 15.9. The molecule has 1 aromatic rings. The quantitative estimate of drug-likeness (QED) is 0.717. The fourth-order valence-electron chi connectivity index (χ4n) is 1.87. The van der Waals surface area contributed by atoms with Crippen molar-refractivity contribution in [3.63, 3.8) is 0 Å². The van der Waals surface area contributed by atoms with Gasteiger partial charge in [0, 0.05) is 25.2 Å². The van der Waals surface area contributed by atoms with Crippen LogP contribution >= 0.6 is 0 Å². The van der Waals surface area contributed by atoms with Crippen molar-refractivity contribution in [3.05, 3.63) is 35.4 Å². The first-order valence-electron chi connectivity index (χ1n) is 5.13. The summed E-state index contributed by atoms with van der Waals surface area (Å²) in [6, 6.07) is 7.66. The first kappa shape index (κ1) is 11.1. The van der Waals surface area contributed by atoms with E-state index in [0.29, 0.717) is 6.61 Å². The molecule has 1 aliphatic rings. The van der Waals surface area contributed by atoms with Gasteiger partial charge in [0.2, 0.25) is 0 Å². The van der Waals surface area contributed by atoms with Gasteiger partial charge in [0.25, 0.3) is 0 Å². The van der Waals surface area contributed by atoms with Crippen LogP contribution in [0, 0.1) is 0 Å². The molecule has 0 N–H and O–H groups in total. The van der Waals surface area contributed by atoms with Crippen molar-refractivity contribution in [2.45, 2.75) is 19.3 Å². The van der Waals surface area contributed by atoms with E-state index in [4.69, 9.17) is 14.2 Å². The van der Waals surface area contributed by atoms with Crippen molar-refractivity contribution in [2.75, 3.05) is 13.7 Å². The molecule has 1 aliphatic heterocycles. The van der Waals surface area contributed by atoms with E-state index in [1.54, 1.807) is 7.11 Å². The van der Waals surface area contributed by atoms with Crippen LogP contribution in [0.15, 0.2) is 24.3 Å². The number of hydrogen-bond acceptors (Lipinski definition) is 4. The number of hydrogen-bond donors (Lipinski definition) is 0. The number of rotatable bonds is 2. The Morgan fingerprint density at radius 3 is 2.69 bits per heavy atom. The van der Waals surface area contributed by atoms with Gasteiger partial charge in [-0.25, -0.2) is 0 Å². The van der Waals surface area contributed by atoms with Gasteiger partial charge in [0.15, 0.2) is 12.4 Å². The molecular weight excluding hydrogens is 208 g/mol. The van der Waals surface area contributed by atoms with Crippen LogP contribution in [0.1, 0.15) is 30.4 Å². The Morgan fingerprint density at radius 1 is 1.38 bits per heavy atom. The molecule has 1 aromatic carbocycles. The third-order valence-electron chi connectivity index (χ3n) is 2.52. The lowest BCUT2D eigenvalue weighted by atomic mass is 10.00. The number of benzene rings is 1. The van der Waals surface area contributed by atoms with Gasteiger partial charge < -0.3 is 14.2 Å². The maximum absolute atomic E-state index is 11.0. The monoisotopic (exact) mass is 222 g/mol. The summed E-state index contributed by atoms with van der Waals surface area (Å²) in [6.45, 7) is 1.72. The van der Waals surface area contributed by atoms with Crippen LogP contribution in [0.2, 0.25) is 0 Å². The number of methoxy groups -OCH3 is 1. The maximum atomic E-state index is 11.0. The molecule has 0 radical (unpaired) electrons. The molecule has 4 nitrogen and oxygen atoms in total. The molecule has 0 aliphatic carbocycles. The SMILES string of the molecule is COC1OC[C@@H](OC(C)=O)c2ccccc21. The van der Waals surface area contributed by atoms with Crippen LogP contribution in [0.5, 0.6) is 0 Å². The Kier molecular flexibility index (Phi) is 3.22. The average Bonchev–Trinajstić information content (AvgIpc) is 2.29. The van der Waals surface area contributed by atoms with Gasteiger partial charge >= 0.3 is 5.97 Å². The normalized spacial score (nSPS) is 23.6. The van der Waals surface area contributed by atoms with Gasteiger partial charge in [0.05, 0.1) is 6.61 Å². The lowest BCUT2D eigenvalue weighted by molar-refractivity contribution is -0.177. The smallest absolute Gasteiger partial charge is 0.303 e. The third-order valence-corrected chi connectivity index (χ3v) is 2.52. The van der Waals surface area contributed by atoms with E-state index in [2.05, 4.69) is 0 Å². The van der Waals surface area contributed by atoms with E-state index in [9.17, 15) is 4.79 Å². The van der Waals surface area contributed by atoms with Crippen LogP contribution < -0.4 is 0 Å². The molecule has 16 heavy (non-hydrogen) atoms. The second kappa shape index (κ2) is 4.63. The summed E-state index contributed by atoms with van der Waals surface area (Å²) in [6.07, 6.45) is -0.705. The lowest BCUT2D eigenvalue weighted by Gasteiger charge is -2.30. The molecule has 4 heteroatoms. The molecule has 2 atom stereocenters. The highest BCUT2D eigenvalue weighted by molar-refractivity contribution is 5.66. The fourth-order valence-corrected chi connectivity index (χ4v) is 1.87. The van der Waals surface area contributed by atoms with Crippen LogP contribution in [0.25, 0.3) is 0 Å². The molecule has 1 unspecified atom stereocenters. The van der Waals surface area contributed by atoms with Crippen molar-refractivity contribution in [1.29, 1.82) is 0 Å². The van der Waals surface area contributed by atoms with Gasteiger partial charge in [-0.1, -0.05) is 24.3 Å². The Labute approximate surface area is 94.1 Å². The largest absolute Gasteiger partial charge is 0.455 e. The molecular formula is C12H14O4. The highest BCUT2D eigenvalue weighted by atomic mass is 16.7. The highest BCUT2D eigenvalue weighted by Crippen LogP contribution is 2.34. The molecule has 86 valence electrons. The van der Waals surface area contributed by atoms with Gasteiger partial charge in [0.1, 0.15) is 0 Å². The molecule has 0 aromatic heterocycles. The predicted octanol–water partition coefficient (Wildman–Crippen LogP) is 1.97. The van der Waals surface area contributed by atoms with Crippen molar-refractivity contribution in [2.24, 2.45) is 0 Å². The minimum atomic E-state index is -0.372. The van der Waals surface area contributed by atoms with E-state index < -0.39 is 0 Å². The standard InChI is InChI=1S/C12H14O4/c1-8(13)16-11-7-15-12(14-2)10-6-4-3-5-9(10)11/h3-6,11-12H,7H2,1-2H3/t11-,12?/m1/s1. The molecule has 1 heterocycles. The minimum absolute atomic E-state index is 0.306. The number of carbonyl (C=O) groups excluding carboxylic acids is 1. The molecule has 0 fully saturated rings. The Morgan fingerprint density at radius 2 is 2.06 bits per heavy atom. The Hall–Kier alpha value is -1.39. The van der Waals surface area contributed by atoms with Gasteiger partial charge in [-0.15, -0.1) is 0 Å². The van der Waals surface area contributed by atoms with Crippen LogP contribution in [-0.4, -0.2) is 19.7 Å². The molecule has 0 saturated heterocycles. The number of carbonyl (C=O) groups is 1. The molecule has 2 rings (SSSR count). The van der Waals surface area contributed by atoms with E-state index >= 15 is 0 Å². The summed E-state index contributed by atoms with van der Waals surface area (Å²) in [7, 11) is 1.59. The Bertz CT molecular complexity index is 388. The van der Waals surface area contributed by atoms with Crippen molar-refractivity contribution in [3.8, 4) is 0 Å². The van der Waals surface area contributed by atoms with Crippen molar-refractivity contribution < 1.29 is 19.0 Å². The highest BCUT2D eigenvalue weighted by Gasteiger charge is 2.29. The zero-order chi connectivity index (χ0) is 11.5. The topological polar surface area (TPSA) is 44.8 Å². The second-order valence-electron chi connectivity index (χ2n) is 3.63. The van der Waals surface area contributed by atoms with E-state index in [0.717, 1.165) is 11.1 Å². The molecule has 0 spiro atoms. The summed E-state index contributed by atoms with van der Waals surface area (Å²) in [4.78, 5) is 11.0. The average molecular weight is 222 g/mol. The zero-order valence-electron chi connectivity index (χ0n) is 9.30. The van der Waals surface area contributed by atoms with E-state index in [1.165, 1.54) is 6.92 Å². The Balaban J connectivity index is 2.31. The van der Waals surface area contributed by atoms with Gasteiger partial charge in [-0.05, 0) is 0 Å². The number of ether oxygens (including phenoxy) is 3. The zero-order valence-corrected chi connectivity index (χ0v) is 9.30. The van der Waals surface area contributed by atoms with Crippen molar-refractivity contribution >= 4 is 5.97 Å². The number of esters is 1. The number of fused-ring (bicyclic) bond motifs is 1. The summed E-state index contributed by atoms with van der Waals surface area (Å²) in [5.41, 5.74) is 1.87. The van der Waals surface area contributed by atoms with Crippen LogP contribution in [0.4, 0.5) is 0 Å². The lowest BCUT2D eigenvalue weighted by Crippen LogP contribution is -2.25. The van der Waals surface area contributed by atoms with Crippen LogP contribution in [0.3, 0.4) is 0 Å². The first-order chi connectivity index (χ1) is 7.72. The van der Waals surface area contributed by atoms with Crippen molar-refractivity contribution in [1.82, 2.24) is 0 Å². The maximum Gasteiger partial charge on any atom is 0.303 e. The third kappa shape index (κ3) is 2.08. The fraction of sp³-hybridized carbons (Fsp3) is 0.417. The summed E-state index contributed by atoms with van der Waals surface area (Å²) >= 11 is 0. The molecule has 0 saturated carbocycles.